The fraction of sp³-hybridized carbons (Fsp3) is 0.300. The molecule has 1 N–H and O–H groups in total. The summed E-state index contributed by atoms with van der Waals surface area (Å²) in [5.74, 6) is 0.947. The third-order valence-corrected chi connectivity index (χ3v) is 5.06. The van der Waals surface area contributed by atoms with Crippen LogP contribution in [0.5, 0.6) is 11.5 Å². The average Bonchev–Trinajstić information content (AvgIpc) is 3.16. The third kappa shape index (κ3) is 2.49. The Morgan fingerprint density at radius 1 is 1.08 bits per heavy atom. The zero-order chi connectivity index (χ0) is 18.5. The summed E-state index contributed by atoms with van der Waals surface area (Å²) >= 11 is 0. The van der Waals surface area contributed by atoms with Crippen LogP contribution in [0.1, 0.15) is 29.2 Å². The fourth-order valence-electron chi connectivity index (χ4n) is 3.38. The minimum atomic E-state index is -1.13. The Hall–Kier alpha value is -3.02. The molecule has 0 bridgehead atoms. The van der Waals surface area contributed by atoms with Crippen LogP contribution in [0, 0.1) is 13.8 Å². The van der Waals surface area contributed by atoms with Crippen LogP contribution in [-0.4, -0.2) is 23.6 Å². The van der Waals surface area contributed by atoms with Crippen molar-refractivity contribution in [2.75, 3.05) is 6.79 Å². The number of imide groups is 1. The molecule has 0 spiro atoms. The first-order valence-corrected chi connectivity index (χ1v) is 8.49. The third-order valence-electron chi connectivity index (χ3n) is 5.06. The van der Waals surface area contributed by atoms with Gasteiger partial charge in [0.25, 0.3) is 5.91 Å². The maximum atomic E-state index is 13.1. The number of hydrogen-bond donors (Lipinski definition) is 1. The number of nitrogens with one attached hydrogen (secondary N) is 1. The molecule has 3 amide bonds. The lowest BCUT2D eigenvalue weighted by Gasteiger charge is -2.22. The van der Waals surface area contributed by atoms with Gasteiger partial charge in [-0.2, -0.15) is 0 Å². The van der Waals surface area contributed by atoms with Crippen molar-refractivity contribution in [2.45, 2.75) is 32.9 Å². The summed E-state index contributed by atoms with van der Waals surface area (Å²) in [4.78, 5) is 26.9. The number of amides is 3. The summed E-state index contributed by atoms with van der Waals surface area (Å²) in [6.45, 7) is 6.09. The molecule has 1 unspecified atom stereocenters. The standard InChI is InChI=1S/C20H20N2O4/c1-12-4-5-13(2)14(8-12)10-22-18(23)20(3,21-19(22)24)15-6-7-16-17(9-15)26-11-25-16/h4-9H,10-11H2,1-3H3,(H,21,24). The van der Waals surface area contributed by atoms with Crippen LogP contribution in [0.2, 0.25) is 0 Å². The van der Waals surface area contributed by atoms with E-state index in [2.05, 4.69) is 5.32 Å². The maximum absolute atomic E-state index is 13.1. The zero-order valence-corrected chi connectivity index (χ0v) is 15.0. The maximum Gasteiger partial charge on any atom is 0.325 e. The zero-order valence-electron chi connectivity index (χ0n) is 15.0. The van der Waals surface area contributed by atoms with Gasteiger partial charge < -0.3 is 14.8 Å². The molecule has 4 rings (SSSR count). The van der Waals surface area contributed by atoms with E-state index in [9.17, 15) is 9.59 Å². The SMILES string of the molecule is Cc1ccc(C)c(CN2C(=O)NC(C)(c3ccc4c(c3)OCO4)C2=O)c1. The smallest absolute Gasteiger partial charge is 0.325 e. The normalized spacial score (nSPS) is 21.3. The molecule has 2 aromatic carbocycles. The van der Waals surface area contributed by atoms with Crippen LogP contribution in [0.25, 0.3) is 0 Å². The van der Waals surface area contributed by atoms with Gasteiger partial charge in [0, 0.05) is 0 Å². The number of hydrogen-bond acceptors (Lipinski definition) is 4. The lowest BCUT2D eigenvalue weighted by Crippen LogP contribution is -2.40. The number of urea groups is 1. The van der Waals surface area contributed by atoms with Crippen LogP contribution in [0.4, 0.5) is 4.79 Å². The molecule has 2 heterocycles. The largest absolute Gasteiger partial charge is 0.454 e. The van der Waals surface area contributed by atoms with Gasteiger partial charge in [-0.3, -0.25) is 9.69 Å². The number of carbonyl (C=O) groups is 2. The van der Waals surface area contributed by atoms with Gasteiger partial charge in [-0.25, -0.2) is 4.79 Å². The van der Waals surface area contributed by atoms with E-state index in [4.69, 9.17) is 9.47 Å². The Balaban J connectivity index is 1.65. The van der Waals surface area contributed by atoms with Gasteiger partial charge in [0.05, 0.1) is 6.54 Å². The van der Waals surface area contributed by atoms with Gasteiger partial charge in [0.1, 0.15) is 5.54 Å². The van der Waals surface area contributed by atoms with Crippen molar-refractivity contribution >= 4 is 11.9 Å². The second kappa shape index (κ2) is 5.76. The number of ether oxygens (including phenoxy) is 2. The van der Waals surface area contributed by atoms with Crippen LogP contribution in [-0.2, 0) is 16.9 Å². The quantitative estimate of drug-likeness (QED) is 0.863. The minimum absolute atomic E-state index is 0.161. The van der Waals surface area contributed by atoms with Crippen molar-refractivity contribution in [2.24, 2.45) is 0 Å². The highest BCUT2D eigenvalue weighted by atomic mass is 16.7. The predicted molar refractivity (Wildman–Crippen MR) is 94.9 cm³/mol. The van der Waals surface area contributed by atoms with E-state index in [0.717, 1.165) is 16.7 Å². The van der Waals surface area contributed by atoms with Crippen molar-refractivity contribution in [1.82, 2.24) is 10.2 Å². The van der Waals surface area contributed by atoms with Crippen molar-refractivity contribution in [3.63, 3.8) is 0 Å². The number of benzene rings is 2. The molecule has 0 aliphatic carbocycles. The Bertz CT molecular complexity index is 924. The first-order valence-electron chi connectivity index (χ1n) is 8.49. The second-order valence-corrected chi connectivity index (χ2v) is 6.94. The van der Waals surface area contributed by atoms with Gasteiger partial charge in [-0.15, -0.1) is 0 Å². The number of aryl methyl sites for hydroxylation is 2. The molecule has 2 aliphatic rings. The molecule has 1 atom stereocenters. The summed E-state index contributed by atoms with van der Waals surface area (Å²) in [6, 6.07) is 10.9. The number of rotatable bonds is 3. The van der Waals surface area contributed by atoms with Gasteiger partial charge in [-0.1, -0.05) is 29.8 Å². The highest BCUT2D eigenvalue weighted by Crippen LogP contribution is 2.38. The molecule has 1 fully saturated rings. The van der Waals surface area contributed by atoms with Crippen molar-refractivity contribution < 1.29 is 19.1 Å². The van der Waals surface area contributed by atoms with E-state index >= 15 is 0 Å². The van der Waals surface area contributed by atoms with E-state index in [-0.39, 0.29) is 19.2 Å². The molecular formula is C20H20N2O4. The second-order valence-electron chi connectivity index (χ2n) is 6.94. The van der Waals surface area contributed by atoms with E-state index in [0.29, 0.717) is 17.1 Å². The molecule has 134 valence electrons. The molecule has 6 nitrogen and oxygen atoms in total. The molecule has 0 radical (unpaired) electrons. The topological polar surface area (TPSA) is 67.9 Å². The predicted octanol–water partition coefficient (Wildman–Crippen LogP) is 3.00. The number of fused-ring (bicyclic) bond motifs is 1. The number of nitrogens with zero attached hydrogens (tertiary/aromatic N) is 1. The van der Waals surface area contributed by atoms with Crippen LogP contribution in [0.3, 0.4) is 0 Å². The highest BCUT2D eigenvalue weighted by molar-refractivity contribution is 6.07. The van der Waals surface area contributed by atoms with Gasteiger partial charge >= 0.3 is 6.03 Å². The van der Waals surface area contributed by atoms with Gasteiger partial charge in [0.15, 0.2) is 11.5 Å². The van der Waals surface area contributed by atoms with Crippen molar-refractivity contribution in [3.8, 4) is 11.5 Å². The first kappa shape index (κ1) is 16.4. The molecular weight excluding hydrogens is 332 g/mol. The van der Waals surface area contributed by atoms with E-state index in [1.807, 2.05) is 32.0 Å². The summed E-state index contributed by atoms with van der Waals surface area (Å²) < 4.78 is 10.7. The lowest BCUT2D eigenvalue weighted by atomic mass is 9.91. The molecule has 6 heteroatoms. The van der Waals surface area contributed by atoms with Gasteiger partial charge in [0.2, 0.25) is 6.79 Å². The first-order chi connectivity index (χ1) is 12.4. The monoisotopic (exact) mass is 352 g/mol. The fourth-order valence-corrected chi connectivity index (χ4v) is 3.38. The molecule has 26 heavy (non-hydrogen) atoms. The van der Waals surface area contributed by atoms with E-state index in [1.165, 1.54) is 4.90 Å². The Kier molecular flexibility index (Phi) is 3.64. The van der Waals surface area contributed by atoms with E-state index in [1.54, 1.807) is 25.1 Å². The van der Waals surface area contributed by atoms with E-state index < -0.39 is 11.6 Å². The van der Waals surface area contributed by atoms with Crippen LogP contribution < -0.4 is 14.8 Å². The Morgan fingerprint density at radius 2 is 1.85 bits per heavy atom. The van der Waals surface area contributed by atoms with Crippen LogP contribution in [0.15, 0.2) is 36.4 Å². The summed E-state index contributed by atoms with van der Waals surface area (Å²) in [5, 5.41) is 2.83. The summed E-state index contributed by atoms with van der Waals surface area (Å²) in [6.07, 6.45) is 0. The van der Waals surface area contributed by atoms with Crippen molar-refractivity contribution in [1.29, 1.82) is 0 Å². The highest BCUT2D eigenvalue weighted by Gasteiger charge is 2.49. The van der Waals surface area contributed by atoms with Crippen LogP contribution >= 0.6 is 0 Å². The molecule has 1 saturated heterocycles. The molecule has 0 aromatic heterocycles. The average molecular weight is 352 g/mol. The number of carbonyl (C=O) groups excluding carboxylic acids is 2. The molecule has 0 saturated carbocycles. The molecule has 2 aliphatic heterocycles. The Morgan fingerprint density at radius 3 is 2.65 bits per heavy atom. The molecule has 2 aromatic rings. The minimum Gasteiger partial charge on any atom is -0.454 e. The lowest BCUT2D eigenvalue weighted by molar-refractivity contribution is -0.131. The summed E-state index contributed by atoms with van der Waals surface area (Å²) in [5.41, 5.74) is 2.64. The van der Waals surface area contributed by atoms with Crippen molar-refractivity contribution in [3.05, 3.63) is 58.7 Å². The summed E-state index contributed by atoms with van der Waals surface area (Å²) in [7, 11) is 0. The Labute approximate surface area is 151 Å². The van der Waals surface area contributed by atoms with Gasteiger partial charge in [-0.05, 0) is 49.6 Å².